The molecule has 0 saturated carbocycles. The van der Waals surface area contributed by atoms with Crippen molar-refractivity contribution in [3.8, 4) is 0 Å². The van der Waals surface area contributed by atoms with Crippen LogP contribution in [0.2, 0.25) is 0 Å². The highest BCUT2D eigenvalue weighted by atomic mass is 16.5. The van der Waals surface area contributed by atoms with Gasteiger partial charge in [0.05, 0.1) is 20.6 Å². The molecule has 0 bridgehead atoms. The molecule has 0 aromatic carbocycles. The summed E-state index contributed by atoms with van der Waals surface area (Å²) in [6.07, 6.45) is 0.0348. The van der Waals surface area contributed by atoms with E-state index in [1.165, 1.54) is 24.0 Å². The number of hydrogen-bond donors (Lipinski definition) is 0. The highest BCUT2D eigenvalue weighted by molar-refractivity contribution is 5.81. The molecule has 0 rings (SSSR count). The van der Waals surface area contributed by atoms with Crippen molar-refractivity contribution in [3.05, 3.63) is 0 Å². The largest absolute Gasteiger partial charge is 0.469 e. The highest BCUT2D eigenvalue weighted by Gasteiger charge is 2.20. The van der Waals surface area contributed by atoms with Crippen molar-refractivity contribution in [1.82, 2.24) is 9.80 Å². The van der Waals surface area contributed by atoms with Crippen molar-refractivity contribution in [2.75, 3.05) is 41.4 Å². The number of carbonyl (C=O) groups excluding carboxylic acids is 3. The Bertz CT molecular complexity index is 290. The fraction of sp³-hybridized carbons (Fsp3) is 0.700. The van der Waals surface area contributed by atoms with Crippen molar-refractivity contribution >= 4 is 18.0 Å². The van der Waals surface area contributed by atoms with Crippen LogP contribution in [0.3, 0.4) is 0 Å². The quantitative estimate of drug-likeness (QED) is 0.623. The average Bonchev–Trinajstić information content (AvgIpc) is 2.32. The van der Waals surface area contributed by atoms with Gasteiger partial charge >= 0.3 is 18.0 Å². The van der Waals surface area contributed by atoms with Crippen LogP contribution in [0.1, 0.15) is 6.42 Å². The molecular weight excluding hydrogens is 228 g/mol. The molecule has 0 aliphatic rings. The van der Waals surface area contributed by atoms with E-state index in [1.54, 1.807) is 14.1 Å². The summed E-state index contributed by atoms with van der Waals surface area (Å²) in [5.41, 5.74) is 0. The minimum absolute atomic E-state index is 0.0348. The van der Waals surface area contributed by atoms with Crippen LogP contribution in [0.5, 0.6) is 0 Å². The maximum Gasteiger partial charge on any atom is 0.325 e. The predicted molar refractivity (Wildman–Crippen MR) is 59.3 cm³/mol. The number of esters is 2. The second-order valence-electron chi connectivity index (χ2n) is 3.50. The molecule has 0 heterocycles. The average molecular weight is 246 g/mol. The number of amides is 2. The second-order valence-corrected chi connectivity index (χ2v) is 3.50. The van der Waals surface area contributed by atoms with Gasteiger partial charge < -0.3 is 19.3 Å². The normalized spacial score (nSPS) is 9.41. The molecule has 0 spiro atoms. The fourth-order valence-corrected chi connectivity index (χ4v) is 1.07. The number of ether oxygens (including phenoxy) is 2. The summed E-state index contributed by atoms with van der Waals surface area (Å²) in [6.45, 7) is -0.0801. The van der Waals surface area contributed by atoms with Crippen molar-refractivity contribution < 1.29 is 23.9 Å². The van der Waals surface area contributed by atoms with Crippen molar-refractivity contribution in [1.29, 1.82) is 0 Å². The Labute approximate surface area is 100 Å². The molecule has 7 heteroatoms. The summed E-state index contributed by atoms with van der Waals surface area (Å²) in [5.74, 6) is -0.975. The van der Waals surface area contributed by atoms with Crippen LogP contribution in [0.4, 0.5) is 4.79 Å². The molecule has 7 nitrogen and oxygen atoms in total. The third kappa shape index (κ3) is 5.74. The van der Waals surface area contributed by atoms with Gasteiger partial charge in [-0.1, -0.05) is 0 Å². The first-order valence-electron chi connectivity index (χ1n) is 5.02. The van der Waals surface area contributed by atoms with Crippen LogP contribution in [0.15, 0.2) is 0 Å². The molecule has 0 aliphatic carbocycles. The van der Waals surface area contributed by atoms with Crippen molar-refractivity contribution in [2.24, 2.45) is 0 Å². The number of rotatable bonds is 5. The lowest BCUT2D eigenvalue weighted by molar-refractivity contribution is -0.143. The minimum atomic E-state index is -0.537. The standard InChI is InChI=1S/C10H18N2O5/c1-11(2)10(15)12(7-9(14)17-4)6-5-8(13)16-3/h5-7H2,1-4H3. The Morgan fingerprint density at radius 1 is 1.00 bits per heavy atom. The zero-order valence-corrected chi connectivity index (χ0v) is 10.6. The number of nitrogens with zero attached hydrogens (tertiary/aromatic N) is 2. The Morgan fingerprint density at radius 3 is 1.94 bits per heavy atom. The van der Waals surface area contributed by atoms with Gasteiger partial charge in [0, 0.05) is 20.6 Å². The fourth-order valence-electron chi connectivity index (χ4n) is 1.07. The Morgan fingerprint density at radius 2 is 1.53 bits per heavy atom. The van der Waals surface area contributed by atoms with Gasteiger partial charge in [0.25, 0.3) is 0 Å². The number of methoxy groups -OCH3 is 2. The number of hydrogen-bond acceptors (Lipinski definition) is 5. The van der Waals surface area contributed by atoms with Crippen LogP contribution in [0, 0.1) is 0 Å². The molecule has 0 fully saturated rings. The van der Waals surface area contributed by atoms with Crippen LogP contribution in [-0.2, 0) is 19.1 Å². The van der Waals surface area contributed by atoms with Gasteiger partial charge in [0.15, 0.2) is 0 Å². The zero-order chi connectivity index (χ0) is 13.4. The SMILES string of the molecule is COC(=O)CCN(CC(=O)OC)C(=O)N(C)C. The van der Waals surface area contributed by atoms with Gasteiger partial charge in [0.1, 0.15) is 6.54 Å². The van der Waals surface area contributed by atoms with Crippen LogP contribution < -0.4 is 0 Å². The Hall–Kier alpha value is -1.79. The lowest BCUT2D eigenvalue weighted by Crippen LogP contribution is -2.43. The van der Waals surface area contributed by atoms with E-state index in [2.05, 4.69) is 9.47 Å². The van der Waals surface area contributed by atoms with Crippen molar-refractivity contribution in [2.45, 2.75) is 6.42 Å². The van der Waals surface area contributed by atoms with E-state index in [-0.39, 0.29) is 25.5 Å². The second kappa shape index (κ2) is 7.48. The summed E-state index contributed by atoms with van der Waals surface area (Å²) in [4.78, 5) is 36.3. The van der Waals surface area contributed by atoms with Gasteiger partial charge in [-0.3, -0.25) is 9.59 Å². The van der Waals surface area contributed by atoms with Gasteiger partial charge in [-0.25, -0.2) is 4.79 Å². The lowest BCUT2D eigenvalue weighted by Gasteiger charge is -2.24. The van der Waals surface area contributed by atoms with E-state index >= 15 is 0 Å². The first kappa shape index (κ1) is 15.2. The molecule has 0 aromatic rings. The van der Waals surface area contributed by atoms with Gasteiger partial charge in [-0.2, -0.15) is 0 Å². The molecule has 0 aromatic heterocycles. The molecule has 0 unspecified atom stereocenters. The van der Waals surface area contributed by atoms with Gasteiger partial charge in [-0.05, 0) is 0 Å². The third-order valence-electron chi connectivity index (χ3n) is 2.01. The highest BCUT2D eigenvalue weighted by Crippen LogP contribution is 1.99. The summed E-state index contributed by atoms with van der Waals surface area (Å²) in [7, 11) is 5.62. The van der Waals surface area contributed by atoms with E-state index < -0.39 is 11.9 Å². The first-order valence-corrected chi connectivity index (χ1v) is 5.02. The topological polar surface area (TPSA) is 76.1 Å². The molecule has 98 valence electrons. The molecule has 0 aliphatic heterocycles. The van der Waals surface area contributed by atoms with E-state index in [0.717, 1.165) is 0 Å². The van der Waals surface area contributed by atoms with Crippen LogP contribution in [0.25, 0.3) is 0 Å². The van der Waals surface area contributed by atoms with E-state index in [4.69, 9.17) is 0 Å². The summed E-state index contributed by atoms with van der Waals surface area (Å²) < 4.78 is 8.94. The minimum Gasteiger partial charge on any atom is -0.469 e. The van der Waals surface area contributed by atoms with E-state index in [0.29, 0.717) is 0 Å². The van der Waals surface area contributed by atoms with E-state index in [9.17, 15) is 14.4 Å². The van der Waals surface area contributed by atoms with Crippen molar-refractivity contribution in [3.63, 3.8) is 0 Å². The maximum absolute atomic E-state index is 11.7. The molecule has 0 N–H and O–H groups in total. The zero-order valence-electron chi connectivity index (χ0n) is 10.6. The van der Waals surface area contributed by atoms with E-state index in [1.807, 2.05) is 0 Å². The molecule has 0 atom stereocenters. The third-order valence-corrected chi connectivity index (χ3v) is 2.01. The van der Waals surface area contributed by atoms with Gasteiger partial charge in [0.2, 0.25) is 0 Å². The summed E-state index contributed by atoms with van der Waals surface area (Å²) >= 11 is 0. The molecule has 0 saturated heterocycles. The predicted octanol–water partition coefficient (Wildman–Crippen LogP) is -0.294. The number of carbonyl (C=O) groups is 3. The Kier molecular flexibility index (Phi) is 6.69. The van der Waals surface area contributed by atoms with Crippen LogP contribution in [-0.4, -0.2) is 69.2 Å². The smallest absolute Gasteiger partial charge is 0.325 e. The summed E-state index contributed by atoms with van der Waals surface area (Å²) in [6, 6.07) is -0.362. The van der Waals surface area contributed by atoms with Gasteiger partial charge in [-0.15, -0.1) is 0 Å². The molecule has 0 radical (unpaired) electrons. The Balaban J connectivity index is 4.45. The molecular formula is C10H18N2O5. The number of urea groups is 1. The van der Waals surface area contributed by atoms with Crippen LogP contribution >= 0.6 is 0 Å². The monoisotopic (exact) mass is 246 g/mol. The summed E-state index contributed by atoms with van der Waals surface area (Å²) in [5, 5.41) is 0. The molecule has 17 heavy (non-hydrogen) atoms. The maximum atomic E-state index is 11.7. The lowest BCUT2D eigenvalue weighted by atomic mass is 10.4. The first-order chi connectivity index (χ1) is 7.92. The molecule has 2 amide bonds.